The number of anilines is 1. The van der Waals surface area contributed by atoms with Crippen molar-refractivity contribution >= 4 is 5.69 Å². The van der Waals surface area contributed by atoms with Gasteiger partial charge in [0.1, 0.15) is 23.9 Å². The summed E-state index contributed by atoms with van der Waals surface area (Å²) in [6.45, 7) is 2.05. The summed E-state index contributed by atoms with van der Waals surface area (Å²) in [5.74, 6) is 1.08. The van der Waals surface area contributed by atoms with Crippen LogP contribution >= 0.6 is 0 Å². The van der Waals surface area contributed by atoms with Crippen LogP contribution in [0.1, 0.15) is 11.1 Å². The van der Waals surface area contributed by atoms with Gasteiger partial charge in [-0.25, -0.2) is 4.39 Å². The number of aryl methyl sites for hydroxylation is 1. The van der Waals surface area contributed by atoms with Crippen LogP contribution < -0.4 is 15.2 Å². The fourth-order valence-electron chi connectivity index (χ4n) is 1.76. The van der Waals surface area contributed by atoms with Gasteiger partial charge in [0.05, 0.1) is 7.11 Å². The quantitative estimate of drug-likeness (QED) is 0.859. The molecule has 19 heavy (non-hydrogen) atoms. The van der Waals surface area contributed by atoms with E-state index in [0.717, 1.165) is 5.56 Å². The van der Waals surface area contributed by atoms with Crippen LogP contribution in [0, 0.1) is 12.7 Å². The predicted octanol–water partition coefficient (Wildman–Crippen LogP) is 3.30. The van der Waals surface area contributed by atoms with Crippen molar-refractivity contribution in [1.82, 2.24) is 0 Å². The van der Waals surface area contributed by atoms with Gasteiger partial charge in [-0.1, -0.05) is 0 Å². The molecule has 2 rings (SSSR count). The zero-order chi connectivity index (χ0) is 13.8. The summed E-state index contributed by atoms with van der Waals surface area (Å²) < 4.78 is 23.9. The molecule has 3 nitrogen and oxygen atoms in total. The molecule has 0 aliphatic rings. The molecule has 0 saturated heterocycles. The van der Waals surface area contributed by atoms with Crippen LogP contribution in [0.5, 0.6) is 11.5 Å². The van der Waals surface area contributed by atoms with Gasteiger partial charge in [0.25, 0.3) is 0 Å². The molecule has 2 N–H and O–H groups in total. The summed E-state index contributed by atoms with van der Waals surface area (Å²) in [5.41, 5.74) is 7.84. The zero-order valence-electron chi connectivity index (χ0n) is 10.9. The summed E-state index contributed by atoms with van der Waals surface area (Å²) in [5, 5.41) is 0. The van der Waals surface area contributed by atoms with Crippen molar-refractivity contribution < 1.29 is 13.9 Å². The lowest BCUT2D eigenvalue weighted by Gasteiger charge is -2.09. The van der Waals surface area contributed by atoms with Crippen LogP contribution in [-0.2, 0) is 6.61 Å². The first-order valence-electron chi connectivity index (χ1n) is 5.91. The molecule has 0 amide bonds. The average molecular weight is 261 g/mol. The Balaban J connectivity index is 2.09. The molecule has 0 aliphatic heterocycles. The van der Waals surface area contributed by atoms with Crippen LogP contribution in [0.4, 0.5) is 10.1 Å². The van der Waals surface area contributed by atoms with Crippen LogP contribution in [0.2, 0.25) is 0 Å². The maximum absolute atomic E-state index is 13.1. The highest BCUT2D eigenvalue weighted by molar-refractivity contribution is 5.47. The zero-order valence-corrected chi connectivity index (χ0v) is 10.9. The molecular weight excluding hydrogens is 245 g/mol. The van der Waals surface area contributed by atoms with E-state index >= 15 is 0 Å². The molecule has 0 saturated carbocycles. The standard InChI is InChI=1S/C15H16FNO2/c1-10-5-13(3-4-15(10)16)19-9-11-6-12(17)8-14(7-11)18-2/h3-8H,9,17H2,1-2H3. The van der Waals surface area contributed by atoms with Crippen LogP contribution in [0.15, 0.2) is 36.4 Å². The minimum Gasteiger partial charge on any atom is -0.497 e. The summed E-state index contributed by atoms with van der Waals surface area (Å²) in [6.07, 6.45) is 0. The van der Waals surface area contributed by atoms with Gasteiger partial charge in [-0.3, -0.25) is 0 Å². The second-order valence-corrected chi connectivity index (χ2v) is 4.31. The summed E-state index contributed by atoms with van der Waals surface area (Å²) in [7, 11) is 1.59. The predicted molar refractivity (Wildman–Crippen MR) is 72.9 cm³/mol. The number of hydrogen-bond acceptors (Lipinski definition) is 3. The molecule has 0 aliphatic carbocycles. The number of halogens is 1. The fraction of sp³-hybridized carbons (Fsp3) is 0.200. The number of nitrogen functional groups attached to an aromatic ring is 1. The van der Waals surface area contributed by atoms with Gasteiger partial charge in [0.2, 0.25) is 0 Å². The van der Waals surface area contributed by atoms with E-state index in [-0.39, 0.29) is 5.82 Å². The number of methoxy groups -OCH3 is 1. The lowest BCUT2D eigenvalue weighted by Crippen LogP contribution is -1.98. The SMILES string of the molecule is COc1cc(N)cc(COc2ccc(F)c(C)c2)c1. The number of rotatable bonds is 4. The topological polar surface area (TPSA) is 44.5 Å². The van der Waals surface area contributed by atoms with Crippen molar-refractivity contribution in [3.63, 3.8) is 0 Å². The van der Waals surface area contributed by atoms with Crippen LogP contribution in [-0.4, -0.2) is 7.11 Å². The van der Waals surface area contributed by atoms with E-state index in [1.807, 2.05) is 12.1 Å². The Kier molecular flexibility index (Phi) is 3.90. The van der Waals surface area contributed by atoms with Crippen molar-refractivity contribution in [1.29, 1.82) is 0 Å². The first-order chi connectivity index (χ1) is 9.08. The third-order valence-corrected chi connectivity index (χ3v) is 2.76. The van der Waals surface area contributed by atoms with Gasteiger partial charge >= 0.3 is 0 Å². The highest BCUT2D eigenvalue weighted by atomic mass is 19.1. The minimum absolute atomic E-state index is 0.238. The molecule has 4 heteroatoms. The first kappa shape index (κ1) is 13.2. The molecule has 100 valence electrons. The van der Waals surface area contributed by atoms with Gasteiger partial charge < -0.3 is 15.2 Å². The molecule has 2 aromatic rings. The molecule has 0 atom stereocenters. The van der Waals surface area contributed by atoms with Gasteiger partial charge in [-0.2, -0.15) is 0 Å². The van der Waals surface area contributed by atoms with E-state index < -0.39 is 0 Å². The Morgan fingerprint density at radius 3 is 2.58 bits per heavy atom. The summed E-state index contributed by atoms with van der Waals surface area (Å²) in [4.78, 5) is 0. The van der Waals surface area contributed by atoms with Crippen molar-refractivity contribution in [3.05, 3.63) is 53.3 Å². The smallest absolute Gasteiger partial charge is 0.126 e. The Hall–Kier alpha value is -2.23. The molecule has 0 heterocycles. The van der Waals surface area contributed by atoms with Gasteiger partial charge in [-0.05, 0) is 48.4 Å². The van der Waals surface area contributed by atoms with Crippen LogP contribution in [0.25, 0.3) is 0 Å². The van der Waals surface area contributed by atoms with Crippen molar-refractivity contribution in [2.24, 2.45) is 0 Å². The molecule has 0 fully saturated rings. The van der Waals surface area contributed by atoms with E-state index in [2.05, 4.69) is 0 Å². The van der Waals surface area contributed by atoms with Gasteiger partial charge in [0.15, 0.2) is 0 Å². The molecule has 0 bridgehead atoms. The number of benzene rings is 2. The van der Waals surface area contributed by atoms with E-state index in [0.29, 0.717) is 29.4 Å². The Bertz CT molecular complexity index is 584. The van der Waals surface area contributed by atoms with E-state index in [9.17, 15) is 4.39 Å². The highest BCUT2D eigenvalue weighted by Crippen LogP contribution is 2.21. The highest BCUT2D eigenvalue weighted by Gasteiger charge is 2.03. The summed E-state index contributed by atoms with van der Waals surface area (Å²) >= 11 is 0. The monoisotopic (exact) mass is 261 g/mol. The number of nitrogens with two attached hydrogens (primary N) is 1. The summed E-state index contributed by atoms with van der Waals surface area (Å²) in [6, 6.07) is 10.1. The van der Waals surface area contributed by atoms with Crippen molar-refractivity contribution in [2.45, 2.75) is 13.5 Å². The van der Waals surface area contributed by atoms with Gasteiger partial charge in [0, 0.05) is 11.8 Å². The molecule has 0 spiro atoms. The largest absolute Gasteiger partial charge is 0.497 e. The Morgan fingerprint density at radius 2 is 1.89 bits per heavy atom. The lowest BCUT2D eigenvalue weighted by atomic mass is 10.2. The van der Waals surface area contributed by atoms with Crippen molar-refractivity contribution in [2.75, 3.05) is 12.8 Å². The fourth-order valence-corrected chi connectivity index (χ4v) is 1.76. The molecular formula is C15H16FNO2. The van der Waals surface area contributed by atoms with E-state index in [1.54, 1.807) is 32.2 Å². The van der Waals surface area contributed by atoms with Crippen LogP contribution in [0.3, 0.4) is 0 Å². The second-order valence-electron chi connectivity index (χ2n) is 4.31. The minimum atomic E-state index is -0.238. The molecule has 0 unspecified atom stereocenters. The van der Waals surface area contributed by atoms with Crippen molar-refractivity contribution in [3.8, 4) is 11.5 Å². The molecule has 0 aromatic heterocycles. The Labute approximate surface area is 111 Å². The van der Waals surface area contributed by atoms with E-state index in [1.165, 1.54) is 6.07 Å². The molecule has 2 aromatic carbocycles. The maximum atomic E-state index is 13.1. The first-order valence-corrected chi connectivity index (χ1v) is 5.91. The van der Waals surface area contributed by atoms with Gasteiger partial charge in [-0.15, -0.1) is 0 Å². The Morgan fingerprint density at radius 1 is 1.11 bits per heavy atom. The third kappa shape index (κ3) is 3.37. The second kappa shape index (κ2) is 5.61. The number of hydrogen-bond donors (Lipinski definition) is 1. The van der Waals surface area contributed by atoms with E-state index in [4.69, 9.17) is 15.2 Å². The third-order valence-electron chi connectivity index (χ3n) is 2.76. The average Bonchev–Trinajstić information content (AvgIpc) is 2.39. The lowest BCUT2D eigenvalue weighted by molar-refractivity contribution is 0.304. The molecule has 0 radical (unpaired) electrons. The number of ether oxygens (including phenoxy) is 2. The normalized spacial score (nSPS) is 10.3. The maximum Gasteiger partial charge on any atom is 0.126 e.